The fourth-order valence-electron chi connectivity index (χ4n) is 2.50. The van der Waals surface area contributed by atoms with Crippen LogP contribution in [0.3, 0.4) is 0 Å². The van der Waals surface area contributed by atoms with Gasteiger partial charge in [-0.1, -0.05) is 28.1 Å². The van der Waals surface area contributed by atoms with Crippen LogP contribution in [0.2, 0.25) is 0 Å². The van der Waals surface area contributed by atoms with E-state index in [9.17, 15) is 4.39 Å². The van der Waals surface area contributed by atoms with Crippen molar-refractivity contribution >= 4 is 15.9 Å². The summed E-state index contributed by atoms with van der Waals surface area (Å²) in [4.78, 5) is 4.03. The van der Waals surface area contributed by atoms with Crippen LogP contribution in [0, 0.1) is 5.82 Å². The van der Waals surface area contributed by atoms with Gasteiger partial charge in [-0.05, 0) is 48.0 Å². The second kappa shape index (κ2) is 8.74. The maximum Gasteiger partial charge on any atom is 0.128 e. The highest BCUT2D eigenvalue weighted by molar-refractivity contribution is 9.10. The minimum atomic E-state index is -0.237. The van der Waals surface area contributed by atoms with Gasteiger partial charge >= 0.3 is 0 Å². The molecule has 0 spiro atoms. The van der Waals surface area contributed by atoms with Crippen LogP contribution >= 0.6 is 15.9 Å². The molecule has 2 aromatic carbocycles. The molecule has 2 N–H and O–H groups in total. The van der Waals surface area contributed by atoms with Crippen molar-refractivity contribution in [2.45, 2.75) is 19.7 Å². The summed E-state index contributed by atoms with van der Waals surface area (Å²) in [5.74, 6) is 0.609. The van der Waals surface area contributed by atoms with Gasteiger partial charge in [-0.15, -0.1) is 0 Å². The van der Waals surface area contributed by atoms with Crippen molar-refractivity contribution in [2.24, 2.45) is 0 Å². The first-order chi connectivity index (χ1) is 12.2. The third-order valence-corrected chi connectivity index (χ3v) is 4.32. The number of nitrogens with zero attached hydrogens (tertiary/aromatic N) is 1. The Kier molecular flexibility index (Phi) is 6.14. The van der Waals surface area contributed by atoms with Gasteiger partial charge in [-0.3, -0.25) is 4.98 Å². The Morgan fingerprint density at radius 3 is 2.44 bits per heavy atom. The lowest BCUT2D eigenvalue weighted by Crippen LogP contribution is -2.80. The average molecular weight is 402 g/mol. The van der Waals surface area contributed by atoms with Gasteiger partial charge < -0.3 is 10.1 Å². The maximum atomic E-state index is 13.0. The summed E-state index contributed by atoms with van der Waals surface area (Å²) in [7, 11) is 0. The van der Waals surface area contributed by atoms with Crippen LogP contribution in [-0.4, -0.2) is 4.98 Å². The Hall–Kier alpha value is -2.24. The van der Waals surface area contributed by atoms with Crippen LogP contribution in [0.25, 0.3) is 0 Å². The summed E-state index contributed by atoms with van der Waals surface area (Å²) < 4.78 is 20.0. The molecule has 0 aliphatic rings. The highest BCUT2D eigenvalue weighted by Crippen LogP contribution is 2.23. The zero-order valence-electron chi connectivity index (χ0n) is 13.7. The lowest BCUT2D eigenvalue weighted by molar-refractivity contribution is -0.686. The first-order valence-corrected chi connectivity index (χ1v) is 8.86. The summed E-state index contributed by atoms with van der Waals surface area (Å²) in [6, 6.07) is 16.4. The molecular formula is C20H19BrFN2O+. The lowest BCUT2D eigenvalue weighted by atomic mass is 10.2. The molecule has 0 unspecified atom stereocenters. The fraction of sp³-hybridized carbons (Fsp3) is 0.150. The summed E-state index contributed by atoms with van der Waals surface area (Å²) >= 11 is 3.52. The molecule has 0 radical (unpaired) electrons. The molecule has 0 aliphatic carbocycles. The second-order valence-electron chi connectivity index (χ2n) is 5.72. The van der Waals surface area contributed by atoms with E-state index in [0.717, 1.165) is 34.4 Å². The number of hydrogen-bond donors (Lipinski definition) is 1. The standard InChI is InChI=1S/C20H18BrFN2O/c21-18-3-6-20(25-14-16-1-4-19(22)5-2-16)17(11-18)13-24-12-15-7-9-23-10-8-15/h1-11,24H,12-14H2/p+1. The molecule has 0 atom stereocenters. The maximum absolute atomic E-state index is 13.0. The lowest BCUT2D eigenvalue weighted by Gasteiger charge is -2.12. The predicted octanol–water partition coefficient (Wildman–Crippen LogP) is 3.83. The monoisotopic (exact) mass is 401 g/mol. The minimum absolute atomic E-state index is 0.237. The number of quaternary nitrogens is 1. The average Bonchev–Trinajstić information content (AvgIpc) is 2.63. The van der Waals surface area contributed by atoms with Gasteiger partial charge in [0, 0.05) is 28.0 Å². The van der Waals surface area contributed by atoms with Crippen LogP contribution in [0.4, 0.5) is 4.39 Å². The number of ether oxygens (including phenoxy) is 1. The van der Waals surface area contributed by atoms with E-state index in [-0.39, 0.29) is 5.82 Å². The highest BCUT2D eigenvalue weighted by Gasteiger charge is 2.08. The highest BCUT2D eigenvalue weighted by atomic mass is 79.9. The molecule has 0 amide bonds. The topological polar surface area (TPSA) is 38.7 Å². The van der Waals surface area contributed by atoms with Crippen molar-refractivity contribution in [2.75, 3.05) is 0 Å². The van der Waals surface area contributed by atoms with Gasteiger partial charge in [0.05, 0.1) is 0 Å². The van der Waals surface area contributed by atoms with Crippen molar-refractivity contribution in [3.63, 3.8) is 0 Å². The van der Waals surface area contributed by atoms with Crippen LogP contribution in [-0.2, 0) is 19.7 Å². The molecule has 5 heteroatoms. The number of aromatic nitrogens is 1. The summed E-state index contributed by atoms with van der Waals surface area (Å²) in [6.45, 7) is 2.10. The molecule has 0 saturated heterocycles. The summed E-state index contributed by atoms with van der Waals surface area (Å²) in [5, 5.41) is 2.22. The Morgan fingerprint density at radius 2 is 1.68 bits per heavy atom. The van der Waals surface area contributed by atoms with E-state index in [1.807, 2.05) is 24.3 Å². The quantitative estimate of drug-likeness (QED) is 0.653. The Morgan fingerprint density at radius 1 is 0.920 bits per heavy atom. The molecule has 3 nitrogen and oxygen atoms in total. The summed E-state index contributed by atoms with van der Waals surface area (Å²) in [5.41, 5.74) is 3.29. The normalized spacial score (nSPS) is 10.6. The zero-order valence-corrected chi connectivity index (χ0v) is 15.2. The smallest absolute Gasteiger partial charge is 0.128 e. The Bertz CT molecular complexity index is 810. The molecule has 3 rings (SSSR count). The van der Waals surface area contributed by atoms with E-state index in [0.29, 0.717) is 6.61 Å². The van der Waals surface area contributed by atoms with E-state index in [4.69, 9.17) is 4.74 Å². The van der Waals surface area contributed by atoms with Gasteiger partial charge in [-0.2, -0.15) is 0 Å². The van der Waals surface area contributed by atoms with Gasteiger partial charge in [0.2, 0.25) is 0 Å². The number of hydrogen-bond acceptors (Lipinski definition) is 2. The van der Waals surface area contributed by atoms with Crippen molar-refractivity contribution < 1.29 is 14.4 Å². The Labute approximate surface area is 155 Å². The largest absolute Gasteiger partial charge is 0.488 e. The Balaban J connectivity index is 1.62. The van der Waals surface area contributed by atoms with Crippen molar-refractivity contribution in [3.8, 4) is 5.75 Å². The number of pyridine rings is 1. The molecule has 1 heterocycles. The number of halogens is 2. The fourth-order valence-corrected chi connectivity index (χ4v) is 2.91. The molecule has 0 bridgehead atoms. The van der Waals surface area contributed by atoms with E-state index in [2.05, 4.69) is 32.3 Å². The molecule has 0 saturated carbocycles. The van der Waals surface area contributed by atoms with Gasteiger partial charge in [0.1, 0.15) is 31.3 Å². The molecular weight excluding hydrogens is 383 g/mol. The molecule has 1 aromatic heterocycles. The molecule has 25 heavy (non-hydrogen) atoms. The van der Waals surface area contributed by atoms with Crippen LogP contribution < -0.4 is 10.1 Å². The van der Waals surface area contributed by atoms with E-state index < -0.39 is 0 Å². The zero-order chi connectivity index (χ0) is 17.5. The van der Waals surface area contributed by atoms with Crippen LogP contribution in [0.15, 0.2) is 71.5 Å². The van der Waals surface area contributed by atoms with Crippen LogP contribution in [0.5, 0.6) is 5.75 Å². The van der Waals surface area contributed by atoms with Crippen LogP contribution in [0.1, 0.15) is 16.7 Å². The third-order valence-electron chi connectivity index (χ3n) is 3.82. The molecule has 0 fully saturated rings. The van der Waals surface area contributed by atoms with Crippen molar-refractivity contribution in [1.82, 2.24) is 4.98 Å². The van der Waals surface area contributed by atoms with Gasteiger partial charge in [0.15, 0.2) is 0 Å². The number of rotatable bonds is 7. The van der Waals surface area contributed by atoms with Gasteiger partial charge in [0.25, 0.3) is 0 Å². The summed E-state index contributed by atoms with van der Waals surface area (Å²) in [6.07, 6.45) is 3.61. The van der Waals surface area contributed by atoms with E-state index in [1.165, 1.54) is 17.7 Å². The SMILES string of the molecule is Fc1ccc(COc2ccc(Br)cc2C[NH2+]Cc2ccncc2)cc1. The first-order valence-electron chi connectivity index (χ1n) is 8.07. The van der Waals surface area contributed by atoms with Crippen molar-refractivity contribution in [3.05, 3.63) is 94.0 Å². The van der Waals surface area contributed by atoms with Crippen molar-refractivity contribution in [1.29, 1.82) is 0 Å². The van der Waals surface area contributed by atoms with Gasteiger partial charge in [-0.25, -0.2) is 4.39 Å². The number of nitrogens with two attached hydrogens (primary N) is 1. The second-order valence-corrected chi connectivity index (χ2v) is 6.64. The van der Waals surface area contributed by atoms with E-state index >= 15 is 0 Å². The third kappa shape index (κ3) is 5.37. The van der Waals surface area contributed by atoms with E-state index in [1.54, 1.807) is 24.5 Å². The first kappa shape index (κ1) is 17.6. The number of benzene rings is 2. The molecule has 0 aliphatic heterocycles. The minimum Gasteiger partial charge on any atom is -0.488 e. The predicted molar refractivity (Wildman–Crippen MR) is 98.4 cm³/mol. The molecule has 128 valence electrons. The molecule has 3 aromatic rings.